The van der Waals surface area contributed by atoms with E-state index >= 15 is 0 Å². The lowest BCUT2D eigenvalue weighted by molar-refractivity contribution is 0.394. The highest BCUT2D eigenvalue weighted by molar-refractivity contribution is 6.31. The Bertz CT molecular complexity index is 362. The van der Waals surface area contributed by atoms with Crippen molar-refractivity contribution in [3.05, 3.63) is 34.3 Å². The van der Waals surface area contributed by atoms with Crippen molar-refractivity contribution in [2.75, 3.05) is 6.54 Å². The van der Waals surface area contributed by atoms with Crippen molar-refractivity contribution < 1.29 is 0 Å². The number of hydrogen-bond donors (Lipinski definition) is 1. The van der Waals surface area contributed by atoms with Crippen LogP contribution in [0.25, 0.3) is 0 Å². The maximum atomic E-state index is 6.27. The molecule has 1 aromatic rings. The van der Waals surface area contributed by atoms with E-state index in [4.69, 9.17) is 17.3 Å². The van der Waals surface area contributed by atoms with Gasteiger partial charge in [-0.2, -0.15) is 0 Å². The Morgan fingerprint density at radius 3 is 2.75 bits per heavy atom. The molecule has 0 bridgehead atoms. The summed E-state index contributed by atoms with van der Waals surface area (Å²) in [6.45, 7) is 2.90. The van der Waals surface area contributed by atoms with Crippen molar-refractivity contribution in [1.29, 1.82) is 0 Å². The van der Waals surface area contributed by atoms with Gasteiger partial charge in [-0.05, 0) is 61.8 Å². The topological polar surface area (TPSA) is 26.0 Å². The SMILES string of the molecule is Cc1ccc(CC2CCCC2CN)c(Cl)c1. The molecule has 88 valence electrons. The molecule has 2 unspecified atom stereocenters. The maximum absolute atomic E-state index is 6.27. The van der Waals surface area contributed by atoms with E-state index in [1.807, 2.05) is 0 Å². The van der Waals surface area contributed by atoms with Gasteiger partial charge in [0.25, 0.3) is 0 Å². The lowest BCUT2D eigenvalue weighted by atomic mass is 9.89. The van der Waals surface area contributed by atoms with Crippen LogP contribution in [0.5, 0.6) is 0 Å². The number of rotatable bonds is 3. The van der Waals surface area contributed by atoms with Gasteiger partial charge in [-0.25, -0.2) is 0 Å². The molecule has 2 atom stereocenters. The molecule has 2 rings (SSSR count). The molecule has 2 N–H and O–H groups in total. The number of halogens is 1. The van der Waals surface area contributed by atoms with E-state index < -0.39 is 0 Å². The fourth-order valence-corrected chi connectivity index (χ4v) is 3.11. The van der Waals surface area contributed by atoms with Gasteiger partial charge in [0.1, 0.15) is 0 Å². The number of benzene rings is 1. The Hall–Kier alpha value is -0.530. The summed E-state index contributed by atoms with van der Waals surface area (Å²) in [6.07, 6.45) is 5.04. The fraction of sp³-hybridized carbons (Fsp3) is 0.571. The zero-order valence-corrected chi connectivity index (χ0v) is 10.6. The Labute approximate surface area is 103 Å². The summed E-state index contributed by atoms with van der Waals surface area (Å²) in [7, 11) is 0. The van der Waals surface area contributed by atoms with Crippen molar-refractivity contribution >= 4 is 11.6 Å². The summed E-state index contributed by atoms with van der Waals surface area (Å²) in [5.41, 5.74) is 8.33. The molecule has 1 nitrogen and oxygen atoms in total. The third kappa shape index (κ3) is 2.58. The second kappa shape index (κ2) is 5.20. The molecule has 0 heterocycles. The van der Waals surface area contributed by atoms with Gasteiger partial charge in [-0.15, -0.1) is 0 Å². The molecule has 0 radical (unpaired) electrons. The summed E-state index contributed by atoms with van der Waals surface area (Å²) >= 11 is 6.27. The van der Waals surface area contributed by atoms with Gasteiger partial charge in [0.05, 0.1) is 0 Å². The molecular weight excluding hydrogens is 218 g/mol. The van der Waals surface area contributed by atoms with Gasteiger partial charge < -0.3 is 5.73 Å². The van der Waals surface area contributed by atoms with Crippen LogP contribution in [0.4, 0.5) is 0 Å². The van der Waals surface area contributed by atoms with Gasteiger partial charge in [-0.1, -0.05) is 30.2 Å². The average molecular weight is 238 g/mol. The largest absolute Gasteiger partial charge is 0.330 e. The van der Waals surface area contributed by atoms with E-state index in [1.165, 1.54) is 30.4 Å². The highest BCUT2D eigenvalue weighted by atomic mass is 35.5. The van der Waals surface area contributed by atoms with Crippen molar-refractivity contribution in [3.63, 3.8) is 0 Å². The quantitative estimate of drug-likeness (QED) is 0.855. The fourth-order valence-electron chi connectivity index (χ4n) is 2.79. The van der Waals surface area contributed by atoms with Crippen LogP contribution in [0.3, 0.4) is 0 Å². The summed E-state index contributed by atoms with van der Waals surface area (Å²) < 4.78 is 0. The van der Waals surface area contributed by atoms with Gasteiger partial charge in [-0.3, -0.25) is 0 Å². The zero-order chi connectivity index (χ0) is 11.5. The smallest absolute Gasteiger partial charge is 0.0440 e. The Balaban J connectivity index is 2.08. The van der Waals surface area contributed by atoms with E-state index in [0.717, 1.165) is 23.9 Å². The second-order valence-corrected chi connectivity index (χ2v) is 5.39. The van der Waals surface area contributed by atoms with Crippen molar-refractivity contribution in [3.8, 4) is 0 Å². The lowest BCUT2D eigenvalue weighted by Crippen LogP contribution is -2.20. The first-order valence-corrected chi connectivity index (χ1v) is 6.53. The molecule has 1 saturated carbocycles. The van der Waals surface area contributed by atoms with Crippen molar-refractivity contribution in [1.82, 2.24) is 0 Å². The van der Waals surface area contributed by atoms with E-state index in [9.17, 15) is 0 Å². The zero-order valence-electron chi connectivity index (χ0n) is 9.88. The normalized spacial score (nSPS) is 24.9. The van der Waals surface area contributed by atoms with Crippen LogP contribution in [0.15, 0.2) is 18.2 Å². The predicted octanol–water partition coefficient (Wildman–Crippen LogP) is 3.57. The molecular formula is C14H20ClN. The minimum Gasteiger partial charge on any atom is -0.330 e. The molecule has 1 fully saturated rings. The third-order valence-corrected chi connectivity index (χ3v) is 4.16. The second-order valence-electron chi connectivity index (χ2n) is 4.99. The van der Waals surface area contributed by atoms with Crippen LogP contribution in [0.1, 0.15) is 30.4 Å². The Kier molecular flexibility index (Phi) is 3.88. The molecule has 0 amide bonds. The standard InChI is InChI=1S/C14H20ClN/c1-10-5-6-12(14(15)7-10)8-11-3-2-4-13(11)9-16/h5-7,11,13H,2-4,8-9,16H2,1H3. The van der Waals surface area contributed by atoms with Crippen LogP contribution < -0.4 is 5.73 Å². The van der Waals surface area contributed by atoms with Crippen LogP contribution in [-0.2, 0) is 6.42 Å². The van der Waals surface area contributed by atoms with Crippen LogP contribution in [0, 0.1) is 18.8 Å². The first-order chi connectivity index (χ1) is 7.70. The monoisotopic (exact) mass is 237 g/mol. The number of nitrogens with two attached hydrogens (primary N) is 1. The van der Waals surface area contributed by atoms with Gasteiger partial charge in [0.2, 0.25) is 0 Å². The first kappa shape index (κ1) is 11.9. The highest BCUT2D eigenvalue weighted by Gasteiger charge is 2.26. The number of aryl methyl sites for hydroxylation is 1. The summed E-state index contributed by atoms with van der Waals surface area (Å²) in [5, 5.41) is 0.919. The molecule has 0 aromatic heterocycles. The maximum Gasteiger partial charge on any atom is 0.0440 e. The van der Waals surface area contributed by atoms with Gasteiger partial charge >= 0.3 is 0 Å². The number of hydrogen-bond acceptors (Lipinski definition) is 1. The molecule has 0 saturated heterocycles. The summed E-state index contributed by atoms with van der Waals surface area (Å²) in [5.74, 6) is 1.45. The highest BCUT2D eigenvalue weighted by Crippen LogP contribution is 2.34. The third-order valence-electron chi connectivity index (χ3n) is 3.81. The molecule has 1 aliphatic carbocycles. The molecule has 1 aromatic carbocycles. The van der Waals surface area contributed by atoms with E-state index in [0.29, 0.717) is 5.92 Å². The minimum absolute atomic E-state index is 0.706. The van der Waals surface area contributed by atoms with Gasteiger partial charge in [0.15, 0.2) is 0 Å². The van der Waals surface area contributed by atoms with Gasteiger partial charge in [0, 0.05) is 5.02 Å². The molecule has 16 heavy (non-hydrogen) atoms. The molecule has 2 heteroatoms. The van der Waals surface area contributed by atoms with Crippen LogP contribution in [0.2, 0.25) is 5.02 Å². The van der Waals surface area contributed by atoms with E-state index in [2.05, 4.69) is 25.1 Å². The Morgan fingerprint density at radius 2 is 2.06 bits per heavy atom. The molecule has 0 spiro atoms. The Morgan fingerprint density at radius 1 is 1.31 bits per heavy atom. The minimum atomic E-state index is 0.706. The van der Waals surface area contributed by atoms with Crippen molar-refractivity contribution in [2.24, 2.45) is 17.6 Å². The van der Waals surface area contributed by atoms with Crippen LogP contribution in [-0.4, -0.2) is 6.54 Å². The van der Waals surface area contributed by atoms with Crippen LogP contribution >= 0.6 is 11.6 Å². The predicted molar refractivity (Wildman–Crippen MR) is 69.8 cm³/mol. The molecule has 0 aliphatic heterocycles. The summed E-state index contributed by atoms with van der Waals surface area (Å²) in [6, 6.07) is 6.38. The average Bonchev–Trinajstić information content (AvgIpc) is 2.69. The van der Waals surface area contributed by atoms with E-state index in [1.54, 1.807) is 0 Å². The van der Waals surface area contributed by atoms with E-state index in [-0.39, 0.29) is 0 Å². The summed E-state index contributed by atoms with van der Waals surface area (Å²) in [4.78, 5) is 0. The van der Waals surface area contributed by atoms with Crippen molar-refractivity contribution in [2.45, 2.75) is 32.6 Å². The molecule has 1 aliphatic rings. The lowest BCUT2D eigenvalue weighted by Gasteiger charge is -2.18. The first-order valence-electron chi connectivity index (χ1n) is 6.16.